The predicted molar refractivity (Wildman–Crippen MR) is 94.6 cm³/mol. The number of nitrogens with zero attached hydrogens (tertiary/aromatic N) is 1. The Morgan fingerprint density at radius 2 is 2.08 bits per heavy atom. The van der Waals surface area contributed by atoms with E-state index in [1.165, 1.54) is 18.4 Å². The second-order valence-corrected chi connectivity index (χ2v) is 5.82. The van der Waals surface area contributed by atoms with Crippen molar-refractivity contribution in [2.75, 3.05) is 13.2 Å². The summed E-state index contributed by atoms with van der Waals surface area (Å²) in [5, 5.41) is 9.29. The van der Waals surface area contributed by atoms with E-state index in [4.69, 9.17) is 13.9 Å². The summed E-state index contributed by atoms with van der Waals surface area (Å²) in [6, 6.07) is 10.4. The molecule has 0 atom stereocenters. The average Bonchev–Trinajstić information content (AvgIpc) is 3.13. The molecule has 5 nitrogen and oxygen atoms in total. The van der Waals surface area contributed by atoms with Crippen LogP contribution in [0.15, 0.2) is 46.6 Å². The summed E-state index contributed by atoms with van der Waals surface area (Å²) in [5.41, 5.74) is 0.671. The Morgan fingerprint density at radius 3 is 2.68 bits per heavy atom. The quantitative estimate of drug-likeness (QED) is 0.402. The molecule has 0 bridgehead atoms. The number of ketones is 1. The summed E-state index contributed by atoms with van der Waals surface area (Å²) in [7, 11) is 0. The molecule has 0 unspecified atom stereocenters. The third-order valence-corrected chi connectivity index (χ3v) is 3.26. The number of ether oxygens (including phenoxy) is 2. The van der Waals surface area contributed by atoms with Gasteiger partial charge in [0, 0.05) is 0 Å². The summed E-state index contributed by atoms with van der Waals surface area (Å²) >= 11 is 0. The van der Waals surface area contributed by atoms with Crippen molar-refractivity contribution in [3.8, 4) is 17.6 Å². The van der Waals surface area contributed by atoms with Gasteiger partial charge in [-0.05, 0) is 48.7 Å². The molecule has 0 aliphatic rings. The minimum atomic E-state index is -0.453. The zero-order chi connectivity index (χ0) is 18.2. The number of furan rings is 1. The number of rotatable bonds is 8. The first-order valence-electron chi connectivity index (χ1n) is 8.14. The van der Waals surface area contributed by atoms with Crippen LogP contribution in [0.3, 0.4) is 0 Å². The van der Waals surface area contributed by atoms with Crippen molar-refractivity contribution in [2.45, 2.75) is 20.8 Å². The Hall–Kier alpha value is -3.00. The molecule has 0 N–H and O–H groups in total. The molecule has 0 saturated heterocycles. The molecule has 2 rings (SSSR count). The predicted octanol–water partition coefficient (Wildman–Crippen LogP) is 4.50. The smallest absolute Gasteiger partial charge is 0.238 e. The zero-order valence-electron chi connectivity index (χ0n) is 14.6. The summed E-state index contributed by atoms with van der Waals surface area (Å²) in [5.74, 6) is 1.30. The first-order valence-corrected chi connectivity index (χ1v) is 8.14. The number of nitriles is 1. The third kappa shape index (κ3) is 4.98. The van der Waals surface area contributed by atoms with E-state index in [1.807, 2.05) is 13.0 Å². The number of hydrogen-bond acceptors (Lipinski definition) is 5. The van der Waals surface area contributed by atoms with Crippen LogP contribution in [0.5, 0.6) is 11.5 Å². The molecule has 0 radical (unpaired) electrons. The lowest BCUT2D eigenvalue weighted by molar-refractivity contribution is 0.101. The lowest BCUT2D eigenvalue weighted by Crippen LogP contribution is -2.06. The molecular formula is C20H21NO4. The van der Waals surface area contributed by atoms with Gasteiger partial charge in [0.2, 0.25) is 5.78 Å². The van der Waals surface area contributed by atoms with Gasteiger partial charge in [-0.25, -0.2) is 0 Å². The van der Waals surface area contributed by atoms with Gasteiger partial charge in [-0.1, -0.05) is 19.9 Å². The number of allylic oxidation sites excluding steroid dienone is 1. The van der Waals surface area contributed by atoms with Crippen molar-refractivity contribution >= 4 is 11.9 Å². The van der Waals surface area contributed by atoms with Gasteiger partial charge in [0.1, 0.15) is 11.6 Å². The Kier molecular flexibility index (Phi) is 6.41. The molecule has 0 aliphatic carbocycles. The molecule has 1 heterocycles. The van der Waals surface area contributed by atoms with Gasteiger partial charge in [0.25, 0.3) is 0 Å². The summed E-state index contributed by atoms with van der Waals surface area (Å²) in [6.45, 7) is 7.08. The van der Waals surface area contributed by atoms with Crippen molar-refractivity contribution in [3.63, 3.8) is 0 Å². The van der Waals surface area contributed by atoms with Crippen molar-refractivity contribution < 1.29 is 18.7 Å². The van der Waals surface area contributed by atoms with E-state index in [1.54, 1.807) is 24.3 Å². The number of Topliss-reactive ketones (excluding diaryl/α,β-unsaturated/α-hetero) is 1. The van der Waals surface area contributed by atoms with E-state index < -0.39 is 5.78 Å². The highest BCUT2D eigenvalue weighted by atomic mass is 16.5. The maximum Gasteiger partial charge on any atom is 0.238 e. The van der Waals surface area contributed by atoms with Crippen LogP contribution in [0.25, 0.3) is 6.08 Å². The number of benzene rings is 1. The monoisotopic (exact) mass is 339 g/mol. The zero-order valence-corrected chi connectivity index (χ0v) is 14.6. The summed E-state index contributed by atoms with van der Waals surface area (Å²) < 4.78 is 16.4. The van der Waals surface area contributed by atoms with Gasteiger partial charge in [-0.3, -0.25) is 4.79 Å². The fraction of sp³-hybridized carbons (Fsp3) is 0.300. The van der Waals surface area contributed by atoms with Gasteiger partial charge in [-0.15, -0.1) is 0 Å². The van der Waals surface area contributed by atoms with E-state index in [-0.39, 0.29) is 11.3 Å². The van der Waals surface area contributed by atoms with Crippen LogP contribution < -0.4 is 9.47 Å². The Balaban J connectivity index is 2.30. The molecule has 0 saturated carbocycles. The number of carbonyl (C=O) groups is 1. The van der Waals surface area contributed by atoms with Crippen LogP contribution in [0, 0.1) is 17.2 Å². The average molecular weight is 339 g/mol. The second kappa shape index (κ2) is 8.74. The van der Waals surface area contributed by atoms with Crippen LogP contribution in [0.4, 0.5) is 0 Å². The van der Waals surface area contributed by atoms with E-state index >= 15 is 0 Å². The number of carbonyl (C=O) groups excluding carboxylic acids is 1. The molecular weight excluding hydrogens is 318 g/mol. The minimum Gasteiger partial charge on any atom is -0.490 e. The first kappa shape index (κ1) is 18.3. The highest BCUT2D eigenvalue weighted by Gasteiger charge is 2.15. The van der Waals surface area contributed by atoms with E-state index in [2.05, 4.69) is 13.8 Å². The van der Waals surface area contributed by atoms with Crippen LogP contribution in [-0.2, 0) is 0 Å². The Morgan fingerprint density at radius 1 is 1.28 bits per heavy atom. The standard InChI is InChI=1S/C20H21NO4/c1-4-23-19-11-15(7-8-17(19)25-13-14(2)3)10-16(12-21)20(22)18-6-5-9-24-18/h5-11,14H,4,13H2,1-3H3/b16-10+. The number of hydrogen-bond donors (Lipinski definition) is 0. The van der Waals surface area contributed by atoms with E-state index in [9.17, 15) is 10.1 Å². The molecule has 25 heavy (non-hydrogen) atoms. The lowest BCUT2D eigenvalue weighted by atomic mass is 10.1. The SMILES string of the molecule is CCOc1cc(/C=C(\C#N)C(=O)c2ccco2)ccc1OCC(C)C. The van der Waals surface area contributed by atoms with Crippen LogP contribution in [0.1, 0.15) is 36.9 Å². The maximum atomic E-state index is 12.3. The van der Waals surface area contributed by atoms with Gasteiger partial charge < -0.3 is 13.9 Å². The van der Waals surface area contributed by atoms with E-state index in [0.29, 0.717) is 36.2 Å². The molecule has 0 aliphatic heterocycles. The van der Waals surface area contributed by atoms with Crippen molar-refractivity contribution in [3.05, 3.63) is 53.5 Å². The van der Waals surface area contributed by atoms with Crippen LogP contribution >= 0.6 is 0 Å². The molecule has 2 aromatic rings. The highest BCUT2D eigenvalue weighted by Crippen LogP contribution is 2.30. The van der Waals surface area contributed by atoms with Crippen LogP contribution in [0.2, 0.25) is 0 Å². The Bertz CT molecular complexity index is 783. The van der Waals surface area contributed by atoms with Crippen molar-refractivity contribution in [1.29, 1.82) is 5.26 Å². The first-order chi connectivity index (χ1) is 12.0. The normalized spacial score (nSPS) is 11.2. The van der Waals surface area contributed by atoms with Gasteiger partial charge >= 0.3 is 0 Å². The van der Waals surface area contributed by atoms with Crippen molar-refractivity contribution in [2.24, 2.45) is 5.92 Å². The maximum absolute atomic E-state index is 12.3. The van der Waals surface area contributed by atoms with E-state index in [0.717, 1.165) is 0 Å². The largest absolute Gasteiger partial charge is 0.490 e. The van der Waals surface area contributed by atoms with Gasteiger partial charge in [0.15, 0.2) is 17.3 Å². The van der Waals surface area contributed by atoms with Gasteiger partial charge in [-0.2, -0.15) is 5.26 Å². The molecule has 5 heteroatoms. The third-order valence-electron chi connectivity index (χ3n) is 3.26. The van der Waals surface area contributed by atoms with Gasteiger partial charge in [0.05, 0.1) is 19.5 Å². The van der Waals surface area contributed by atoms with Crippen molar-refractivity contribution in [1.82, 2.24) is 0 Å². The minimum absolute atomic E-state index is 0.00625. The lowest BCUT2D eigenvalue weighted by Gasteiger charge is -2.14. The molecule has 0 fully saturated rings. The Labute approximate surface area is 147 Å². The highest BCUT2D eigenvalue weighted by molar-refractivity contribution is 6.12. The molecule has 0 spiro atoms. The summed E-state index contributed by atoms with van der Waals surface area (Å²) in [6.07, 6.45) is 2.91. The molecule has 1 aromatic heterocycles. The second-order valence-electron chi connectivity index (χ2n) is 5.82. The molecule has 0 amide bonds. The molecule has 1 aromatic carbocycles. The topological polar surface area (TPSA) is 72.5 Å². The molecule has 130 valence electrons. The fourth-order valence-electron chi connectivity index (χ4n) is 2.11. The van der Waals surface area contributed by atoms with Crippen LogP contribution in [-0.4, -0.2) is 19.0 Å². The summed E-state index contributed by atoms with van der Waals surface area (Å²) in [4.78, 5) is 12.3. The fourth-order valence-corrected chi connectivity index (χ4v) is 2.11.